The third-order valence-electron chi connectivity index (χ3n) is 5.29. The summed E-state index contributed by atoms with van der Waals surface area (Å²) in [5, 5.41) is 2.81. The van der Waals surface area contributed by atoms with E-state index in [0.717, 1.165) is 0 Å². The number of rotatable bonds is 5. The zero-order valence-electron chi connectivity index (χ0n) is 18.5. The van der Waals surface area contributed by atoms with Crippen molar-refractivity contribution < 1.29 is 23.5 Å². The van der Waals surface area contributed by atoms with Gasteiger partial charge in [0, 0.05) is 37.4 Å². The molecule has 0 saturated carbocycles. The van der Waals surface area contributed by atoms with Crippen molar-refractivity contribution in [2.45, 2.75) is 32.7 Å². The number of esters is 1. The summed E-state index contributed by atoms with van der Waals surface area (Å²) >= 11 is 0. The number of nitrogens with one attached hydrogen (secondary N) is 1. The number of hydrogen-bond donors (Lipinski definition) is 1. The maximum atomic E-state index is 13.1. The van der Waals surface area contributed by atoms with Gasteiger partial charge in [0.15, 0.2) is 0 Å². The molecule has 0 aliphatic carbocycles. The van der Waals surface area contributed by atoms with Crippen LogP contribution in [-0.4, -0.2) is 49.0 Å². The minimum Gasteiger partial charge on any atom is -0.426 e. The van der Waals surface area contributed by atoms with Crippen molar-refractivity contribution in [2.75, 3.05) is 25.0 Å². The number of carbonyl (C=O) groups is 3. The minimum absolute atomic E-state index is 0.0233. The summed E-state index contributed by atoms with van der Waals surface area (Å²) in [7, 11) is 1.66. The fraction of sp³-hybridized carbons (Fsp3) is 0.375. The van der Waals surface area contributed by atoms with E-state index in [0.29, 0.717) is 36.4 Å². The van der Waals surface area contributed by atoms with Crippen LogP contribution in [0.2, 0.25) is 0 Å². The van der Waals surface area contributed by atoms with Crippen LogP contribution in [0.5, 0.6) is 5.75 Å². The van der Waals surface area contributed by atoms with E-state index in [1.807, 2.05) is 13.8 Å². The number of urea groups is 1. The van der Waals surface area contributed by atoms with E-state index in [1.54, 1.807) is 36.2 Å². The van der Waals surface area contributed by atoms with E-state index in [-0.39, 0.29) is 24.5 Å². The minimum atomic E-state index is -0.438. The number of piperidine rings is 1. The Morgan fingerprint density at radius 3 is 2.38 bits per heavy atom. The number of hydrogen-bond acceptors (Lipinski definition) is 4. The Bertz CT molecular complexity index is 960. The zero-order chi connectivity index (χ0) is 23.3. The van der Waals surface area contributed by atoms with Gasteiger partial charge in [-0.2, -0.15) is 0 Å². The number of ether oxygens (including phenoxy) is 1. The van der Waals surface area contributed by atoms with Gasteiger partial charge < -0.3 is 15.0 Å². The Kier molecular flexibility index (Phi) is 7.45. The molecule has 0 aromatic heterocycles. The van der Waals surface area contributed by atoms with E-state index >= 15 is 0 Å². The molecule has 1 atom stereocenters. The van der Waals surface area contributed by atoms with Crippen molar-refractivity contribution in [1.82, 2.24) is 10.2 Å². The van der Waals surface area contributed by atoms with E-state index < -0.39 is 17.7 Å². The summed E-state index contributed by atoms with van der Waals surface area (Å²) in [5.41, 5.74) is 1.05. The molecule has 1 aliphatic heterocycles. The van der Waals surface area contributed by atoms with Gasteiger partial charge in [-0.1, -0.05) is 0 Å². The second-order valence-corrected chi connectivity index (χ2v) is 8.18. The highest BCUT2D eigenvalue weighted by Crippen LogP contribution is 2.23. The molecule has 1 unspecified atom stereocenters. The van der Waals surface area contributed by atoms with E-state index in [9.17, 15) is 18.8 Å². The largest absolute Gasteiger partial charge is 0.426 e. The van der Waals surface area contributed by atoms with Crippen LogP contribution in [0.1, 0.15) is 37.0 Å². The van der Waals surface area contributed by atoms with Crippen LogP contribution in [0.4, 0.5) is 14.9 Å². The highest BCUT2D eigenvalue weighted by atomic mass is 19.1. The molecule has 1 aliphatic rings. The number of likely N-dealkylation sites (tertiary alicyclic amines) is 1. The molecular weight excluding hydrogens is 413 g/mol. The summed E-state index contributed by atoms with van der Waals surface area (Å²) in [4.78, 5) is 40.5. The molecule has 3 amide bonds. The molecule has 0 bridgehead atoms. The Hall–Kier alpha value is -3.42. The summed E-state index contributed by atoms with van der Waals surface area (Å²) < 4.78 is 18.6. The van der Waals surface area contributed by atoms with Crippen LogP contribution >= 0.6 is 0 Å². The highest BCUT2D eigenvalue weighted by Gasteiger charge is 2.30. The predicted octanol–water partition coefficient (Wildman–Crippen LogP) is 3.84. The molecule has 1 saturated heterocycles. The molecule has 7 nitrogen and oxygen atoms in total. The molecular formula is C24H28FN3O4. The first-order valence-corrected chi connectivity index (χ1v) is 10.7. The van der Waals surface area contributed by atoms with E-state index in [1.165, 1.54) is 29.2 Å². The SMILES string of the molecule is CC(C)NC(=O)N(C)c1ccc(OC(=O)C2CCCN(C(=O)c3ccc(F)cc3)C2)cc1. The standard InChI is InChI=1S/C24H28FN3O4/c1-16(2)26-24(31)27(3)20-10-12-21(13-11-20)32-23(30)18-5-4-14-28(15-18)22(29)17-6-8-19(25)9-7-17/h6-13,16,18H,4-5,14-15H2,1-3H3,(H,26,31). The molecule has 170 valence electrons. The average molecular weight is 442 g/mol. The van der Waals surface area contributed by atoms with Crippen molar-refractivity contribution in [2.24, 2.45) is 5.92 Å². The van der Waals surface area contributed by atoms with Crippen LogP contribution in [0.15, 0.2) is 48.5 Å². The van der Waals surface area contributed by atoms with Gasteiger partial charge in [-0.3, -0.25) is 14.5 Å². The van der Waals surface area contributed by atoms with E-state index in [4.69, 9.17) is 4.74 Å². The van der Waals surface area contributed by atoms with Gasteiger partial charge in [0.25, 0.3) is 5.91 Å². The fourth-order valence-electron chi connectivity index (χ4n) is 3.53. The molecule has 2 aromatic rings. The predicted molar refractivity (Wildman–Crippen MR) is 119 cm³/mol. The van der Waals surface area contributed by atoms with Gasteiger partial charge in [0.1, 0.15) is 11.6 Å². The van der Waals surface area contributed by atoms with E-state index in [2.05, 4.69) is 5.32 Å². The van der Waals surface area contributed by atoms with Crippen LogP contribution < -0.4 is 15.0 Å². The Balaban J connectivity index is 1.58. The van der Waals surface area contributed by atoms with Crippen LogP contribution in [0.25, 0.3) is 0 Å². The lowest BCUT2D eigenvalue weighted by molar-refractivity contribution is -0.140. The number of anilines is 1. The van der Waals surface area contributed by atoms with Crippen molar-refractivity contribution in [3.8, 4) is 5.75 Å². The first kappa shape index (κ1) is 23.2. The lowest BCUT2D eigenvalue weighted by Gasteiger charge is -2.31. The second-order valence-electron chi connectivity index (χ2n) is 8.18. The van der Waals surface area contributed by atoms with Gasteiger partial charge >= 0.3 is 12.0 Å². The first-order valence-electron chi connectivity index (χ1n) is 10.7. The highest BCUT2D eigenvalue weighted by molar-refractivity contribution is 5.94. The van der Waals surface area contributed by atoms with Crippen LogP contribution in [0.3, 0.4) is 0 Å². The maximum Gasteiger partial charge on any atom is 0.321 e. The molecule has 1 heterocycles. The van der Waals surface area contributed by atoms with Crippen molar-refractivity contribution in [3.05, 3.63) is 59.9 Å². The quantitative estimate of drug-likeness (QED) is 0.565. The Morgan fingerprint density at radius 1 is 1.09 bits per heavy atom. The molecule has 1 fully saturated rings. The molecule has 2 aromatic carbocycles. The van der Waals surface area contributed by atoms with Gasteiger partial charge in [0.05, 0.1) is 5.92 Å². The molecule has 0 radical (unpaired) electrons. The third kappa shape index (κ3) is 5.84. The number of carbonyl (C=O) groups excluding carboxylic acids is 3. The van der Waals surface area contributed by atoms with Gasteiger partial charge in [-0.25, -0.2) is 9.18 Å². The molecule has 32 heavy (non-hydrogen) atoms. The Labute approximate surface area is 187 Å². The Morgan fingerprint density at radius 2 is 1.75 bits per heavy atom. The van der Waals surface area contributed by atoms with Crippen molar-refractivity contribution >= 4 is 23.6 Å². The molecule has 3 rings (SSSR count). The zero-order valence-corrected chi connectivity index (χ0v) is 18.5. The number of nitrogens with zero attached hydrogens (tertiary/aromatic N) is 2. The summed E-state index contributed by atoms with van der Waals surface area (Å²) in [6.45, 7) is 4.56. The monoisotopic (exact) mass is 441 g/mol. The van der Waals surface area contributed by atoms with Crippen LogP contribution in [0, 0.1) is 11.7 Å². The second kappa shape index (κ2) is 10.3. The van der Waals surface area contributed by atoms with Gasteiger partial charge in [0.2, 0.25) is 0 Å². The normalized spacial score (nSPS) is 15.9. The molecule has 0 spiro atoms. The molecule has 1 N–H and O–H groups in total. The average Bonchev–Trinajstić information content (AvgIpc) is 2.78. The topological polar surface area (TPSA) is 79.0 Å². The summed E-state index contributed by atoms with van der Waals surface area (Å²) in [6, 6.07) is 11.9. The maximum absolute atomic E-state index is 13.1. The summed E-state index contributed by atoms with van der Waals surface area (Å²) in [6.07, 6.45) is 1.31. The van der Waals surface area contributed by atoms with Gasteiger partial charge in [-0.15, -0.1) is 0 Å². The fourth-order valence-corrected chi connectivity index (χ4v) is 3.53. The van der Waals surface area contributed by atoms with Gasteiger partial charge in [-0.05, 0) is 75.2 Å². The lowest BCUT2D eigenvalue weighted by Crippen LogP contribution is -2.43. The molecule has 8 heteroatoms. The first-order chi connectivity index (χ1) is 15.2. The number of amides is 3. The number of benzene rings is 2. The lowest BCUT2D eigenvalue weighted by atomic mass is 9.97. The van der Waals surface area contributed by atoms with Crippen molar-refractivity contribution in [1.29, 1.82) is 0 Å². The number of halogens is 1. The van der Waals surface area contributed by atoms with Crippen LogP contribution in [-0.2, 0) is 4.79 Å². The smallest absolute Gasteiger partial charge is 0.321 e. The third-order valence-corrected chi connectivity index (χ3v) is 5.29. The summed E-state index contributed by atoms with van der Waals surface area (Å²) in [5.74, 6) is -1.10. The van der Waals surface area contributed by atoms with Crippen molar-refractivity contribution in [3.63, 3.8) is 0 Å².